The van der Waals surface area contributed by atoms with Gasteiger partial charge in [0.25, 0.3) is 0 Å². The van der Waals surface area contributed by atoms with Gasteiger partial charge in [-0.1, -0.05) is 152 Å². The Balaban J connectivity index is 1.32. The molecule has 47 heavy (non-hydrogen) atoms. The average molecular weight is 596 g/mol. The third-order valence-electron chi connectivity index (χ3n) is 9.94. The van der Waals surface area contributed by atoms with Crippen molar-refractivity contribution in [3.05, 3.63) is 176 Å². The molecule has 0 aliphatic heterocycles. The van der Waals surface area contributed by atoms with E-state index in [1.807, 2.05) is 0 Å². The summed E-state index contributed by atoms with van der Waals surface area (Å²) in [5.41, 5.74) is 16.2. The van der Waals surface area contributed by atoms with Gasteiger partial charge in [-0.3, -0.25) is 0 Å². The van der Waals surface area contributed by atoms with E-state index in [9.17, 15) is 0 Å². The zero-order valence-electron chi connectivity index (χ0n) is 25.7. The monoisotopic (exact) mass is 595 g/mol. The molecule has 0 radical (unpaired) electrons. The molecular weight excluding hydrogens is 567 g/mol. The van der Waals surface area contributed by atoms with E-state index in [-0.39, 0.29) is 0 Å². The van der Waals surface area contributed by atoms with E-state index in [4.69, 9.17) is 0 Å². The molecule has 9 aromatic rings. The van der Waals surface area contributed by atoms with Crippen LogP contribution in [0, 0.1) is 0 Å². The second-order valence-corrected chi connectivity index (χ2v) is 12.5. The average Bonchev–Trinajstić information content (AvgIpc) is 3.43. The summed E-state index contributed by atoms with van der Waals surface area (Å²) in [6.07, 6.45) is 0. The lowest BCUT2D eigenvalue weighted by Crippen LogP contribution is -1.96. The van der Waals surface area contributed by atoms with E-state index >= 15 is 0 Å². The fourth-order valence-corrected chi connectivity index (χ4v) is 7.96. The molecule has 0 amide bonds. The van der Waals surface area contributed by atoms with Gasteiger partial charge in [0.2, 0.25) is 0 Å². The van der Waals surface area contributed by atoms with Gasteiger partial charge in [0.1, 0.15) is 0 Å². The number of rotatable bonds is 4. The van der Waals surface area contributed by atoms with Gasteiger partial charge in [0.15, 0.2) is 0 Å². The summed E-state index contributed by atoms with van der Waals surface area (Å²) in [6, 6.07) is 64.4. The quantitative estimate of drug-likeness (QED) is 0.191. The highest BCUT2D eigenvalue weighted by atomic mass is 15.0. The summed E-state index contributed by atoms with van der Waals surface area (Å²) < 4.78 is 2.49. The molecule has 1 aliphatic rings. The Kier molecular flexibility index (Phi) is 5.64. The van der Waals surface area contributed by atoms with Crippen LogP contribution in [-0.4, -0.2) is 4.57 Å². The highest BCUT2D eigenvalue weighted by Gasteiger charge is 2.27. The van der Waals surface area contributed by atoms with Crippen molar-refractivity contribution < 1.29 is 0 Å². The first-order chi connectivity index (χ1) is 23.3. The Morgan fingerprint density at radius 2 is 0.851 bits per heavy atom. The Morgan fingerprint density at radius 1 is 0.298 bits per heavy atom. The number of fused-ring (bicyclic) bond motifs is 3. The Labute approximate surface area is 273 Å². The zero-order chi connectivity index (χ0) is 30.9. The summed E-state index contributed by atoms with van der Waals surface area (Å²) in [5.74, 6) is 0. The maximum absolute atomic E-state index is 2.49. The molecule has 218 valence electrons. The van der Waals surface area contributed by atoms with E-state index in [0.717, 1.165) is 5.69 Å². The molecule has 10 rings (SSSR count). The van der Waals surface area contributed by atoms with Crippen molar-refractivity contribution in [2.24, 2.45) is 0 Å². The van der Waals surface area contributed by atoms with E-state index in [2.05, 4.69) is 180 Å². The van der Waals surface area contributed by atoms with Gasteiger partial charge in [-0.2, -0.15) is 0 Å². The van der Waals surface area contributed by atoms with Gasteiger partial charge in [0, 0.05) is 22.0 Å². The molecule has 0 atom stereocenters. The third kappa shape index (κ3) is 3.84. The molecule has 1 aliphatic carbocycles. The second-order valence-electron chi connectivity index (χ2n) is 12.5. The van der Waals surface area contributed by atoms with Crippen LogP contribution in [0.25, 0.3) is 93.9 Å². The Bertz CT molecular complexity index is 2660. The zero-order valence-corrected chi connectivity index (χ0v) is 25.7. The van der Waals surface area contributed by atoms with Gasteiger partial charge in [-0.05, 0) is 85.1 Å². The number of nitrogens with zero attached hydrogens (tertiary/aromatic N) is 1. The summed E-state index contributed by atoms with van der Waals surface area (Å²) in [4.78, 5) is 0. The largest absolute Gasteiger partial charge is 0.309 e. The smallest absolute Gasteiger partial charge is 0.0548 e. The van der Waals surface area contributed by atoms with Crippen LogP contribution in [0.2, 0.25) is 0 Å². The Hall–Kier alpha value is -6.18. The van der Waals surface area contributed by atoms with Crippen molar-refractivity contribution >= 4 is 32.6 Å². The molecule has 0 saturated heterocycles. The Morgan fingerprint density at radius 3 is 1.62 bits per heavy atom. The fourth-order valence-electron chi connectivity index (χ4n) is 7.96. The molecular formula is C46H29N. The van der Waals surface area contributed by atoms with Gasteiger partial charge >= 0.3 is 0 Å². The molecule has 8 aromatic carbocycles. The van der Waals surface area contributed by atoms with Gasteiger partial charge in [0.05, 0.1) is 11.0 Å². The first-order valence-electron chi connectivity index (χ1n) is 16.3. The molecule has 1 nitrogen and oxygen atoms in total. The van der Waals surface area contributed by atoms with Crippen molar-refractivity contribution in [3.63, 3.8) is 0 Å². The SMILES string of the molecule is c1ccc(-c2ccccc2-c2cccc(-n3c4ccc(-c5ccccc5)c5c4c4c6c(cccc6ccc43)-c3ccccc3-5)c2)cc1. The first kappa shape index (κ1) is 26.1. The van der Waals surface area contributed by atoms with E-state index in [0.29, 0.717) is 0 Å². The molecule has 0 N–H and O–H groups in total. The molecule has 1 heteroatoms. The number of aromatic nitrogens is 1. The van der Waals surface area contributed by atoms with Crippen LogP contribution in [0.15, 0.2) is 176 Å². The highest BCUT2D eigenvalue weighted by molar-refractivity contribution is 6.31. The van der Waals surface area contributed by atoms with E-state index < -0.39 is 0 Å². The van der Waals surface area contributed by atoms with Crippen molar-refractivity contribution in [2.45, 2.75) is 0 Å². The summed E-state index contributed by atoms with van der Waals surface area (Å²) in [5, 5.41) is 5.25. The molecule has 0 bridgehead atoms. The minimum atomic E-state index is 1.16. The topological polar surface area (TPSA) is 4.93 Å². The summed E-state index contributed by atoms with van der Waals surface area (Å²) in [6.45, 7) is 0. The molecule has 1 heterocycles. The number of benzene rings is 8. The van der Waals surface area contributed by atoms with E-state index in [1.54, 1.807) is 0 Å². The lowest BCUT2D eigenvalue weighted by molar-refractivity contribution is 1.18. The van der Waals surface area contributed by atoms with Crippen LogP contribution >= 0.6 is 0 Å². The van der Waals surface area contributed by atoms with Crippen molar-refractivity contribution in [1.82, 2.24) is 4.57 Å². The minimum absolute atomic E-state index is 1.16. The normalized spacial score (nSPS) is 11.8. The number of hydrogen-bond acceptors (Lipinski definition) is 0. The minimum Gasteiger partial charge on any atom is -0.309 e. The van der Waals surface area contributed by atoms with Gasteiger partial charge < -0.3 is 4.57 Å². The molecule has 0 fully saturated rings. The molecule has 0 spiro atoms. The van der Waals surface area contributed by atoms with Crippen LogP contribution in [0.1, 0.15) is 0 Å². The van der Waals surface area contributed by atoms with Crippen molar-refractivity contribution in [2.75, 3.05) is 0 Å². The third-order valence-corrected chi connectivity index (χ3v) is 9.94. The lowest BCUT2D eigenvalue weighted by atomic mass is 9.88. The van der Waals surface area contributed by atoms with Crippen LogP contribution in [0.3, 0.4) is 0 Å². The number of hydrogen-bond donors (Lipinski definition) is 0. The summed E-state index contributed by atoms with van der Waals surface area (Å²) >= 11 is 0. The predicted molar refractivity (Wildman–Crippen MR) is 199 cm³/mol. The highest BCUT2D eigenvalue weighted by Crippen LogP contribution is 2.52. The van der Waals surface area contributed by atoms with Crippen LogP contribution in [-0.2, 0) is 0 Å². The van der Waals surface area contributed by atoms with Crippen molar-refractivity contribution in [3.8, 4) is 61.3 Å². The van der Waals surface area contributed by atoms with Gasteiger partial charge in [-0.15, -0.1) is 0 Å². The first-order valence-corrected chi connectivity index (χ1v) is 16.3. The van der Waals surface area contributed by atoms with Crippen LogP contribution < -0.4 is 0 Å². The standard InChI is InChI=1S/C46H29N/c1-3-13-30(14-4-1)35-20-7-8-21-36(35)33-18-11-19-34(29-33)47-41-27-25-32-17-12-24-39-38-22-9-10-23-40(38)44-37(31-15-5-2-6-16-31)26-28-42(47)46(44)45(41)43(32)39/h1-29H. The van der Waals surface area contributed by atoms with Gasteiger partial charge in [-0.25, -0.2) is 0 Å². The van der Waals surface area contributed by atoms with Crippen LogP contribution in [0.5, 0.6) is 0 Å². The summed E-state index contributed by atoms with van der Waals surface area (Å²) in [7, 11) is 0. The van der Waals surface area contributed by atoms with Crippen molar-refractivity contribution in [1.29, 1.82) is 0 Å². The second kappa shape index (κ2) is 10.2. The predicted octanol–water partition coefficient (Wildman–Crippen LogP) is 12.6. The molecule has 0 saturated carbocycles. The van der Waals surface area contributed by atoms with E-state index in [1.165, 1.54) is 88.2 Å². The maximum atomic E-state index is 2.49. The fraction of sp³-hybridized carbons (Fsp3) is 0. The maximum Gasteiger partial charge on any atom is 0.0548 e. The molecule has 0 unspecified atom stereocenters. The molecule has 1 aromatic heterocycles. The lowest BCUT2D eigenvalue weighted by Gasteiger charge is -2.17. The van der Waals surface area contributed by atoms with Crippen LogP contribution in [0.4, 0.5) is 0 Å².